The number of likely N-dealkylation sites (N-methyl/N-ethyl adjacent to an activating group) is 2. The molecule has 0 bridgehead atoms. The Morgan fingerprint density at radius 1 is 1.33 bits per heavy atom. The molecule has 3 N–H and O–H groups in total. The summed E-state index contributed by atoms with van der Waals surface area (Å²) in [6.07, 6.45) is 1.77. The zero-order valence-electron chi connectivity index (χ0n) is 24.2. The smallest absolute Gasteiger partial charge is 0.319 e. The summed E-state index contributed by atoms with van der Waals surface area (Å²) in [5, 5.41) is 14.1. The minimum Gasteiger partial charge on any atom is -0.462 e. The number of hydrogen-bond donors (Lipinski definition) is 2. The van der Waals surface area contributed by atoms with Gasteiger partial charge < -0.3 is 25.4 Å². The van der Waals surface area contributed by atoms with Crippen LogP contribution < -0.4 is 20.7 Å². The molecule has 2 saturated heterocycles. The number of nitrogen functional groups attached to an aromatic ring is 1. The van der Waals surface area contributed by atoms with Gasteiger partial charge in [0, 0.05) is 55.2 Å². The minimum atomic E-state index is -0.721. The number of rotatable bonds is 7. The Morgan fingerprint density at radius 2 is 2.12 bits per heavy atom. The van der Waals surface area contributed by atoms with Crippen molar-refractivity contribution in [1.82, 2.24) is 20.2 Å². The first-order chi connectivity index (χ1) is 20.6. The van der Waals surface area contributed by atoms with Gasteiger partial charge in [0.2, 0.25) is 0 Å². The monoisotopic (exact) mass is 627 g/mol. The number of ether oxygens (including phenoxy) is 2. The number of thiophene rings is 1. The van der Waals surface area contributed by atoms with Crippen molar-refractivity contribution in [3.8, 4) is 23.2 Å². The first kappa shape index (κ1) is 29.7. The van der Waals surface area contributed by atoms with E-state index in [1.165, 1.54) is 12.1 Å². The summed E-state index contributed by atoms with van der Waals surface area (Å²) >= 11 is 7.74. The van der Waals surface area contributed by atoms with Crippen LogP contribution in [0.5, 0.6) is 6.01 Å². The van der Waals surface area contributed by atoms with E-state index in [1.807, 2.05) is 25.1 Å². The predicted octanol–water partition coefficient (Wildman–Crippen LogP) is 5.18. The van der Waals surface area contributed by atoms with E-state index >= 15 is 4.39 Å². The fourth-order valence-corrected chi connectivity index (χ4v) is 7.59. The lowest BCUT2D eigenvalue weighted by Crippen LogP contribution is -2.40. The van der Waals surface area contributed by atoms with E-state index < -0.39 is 11.6 Å². The number of nitrogens with two attached hydrogens (primary N) is 1. The van der Waals surface area contributed by atoms with Crippen LogP contribution in [0, 0.1) is 23.0 Å². The van der Waals surface area contributed by atoms with Gasteiger partial charge in [-0.2, -0.15) is 15.2 Å². The summed E-state index contributed by atoms with van der Waals surface area (Å²) in [5.74, 6) is -0.784. The van der Waals surface area contributed by atoms with Gasteiger partial charge in [-0.05, 0) is 51.1 Å². The standard InChI is InChI=1S/C30H32ClF2N7O2S/c1-14-22(7-8-36-14)40(3)29-18-10-20(31)24(17-5-6-21(32)27-23(17)19(11-34)28(35)43-27)25(33)26(18)37-30(38-29)42-13-15-9-16(41-4)12-39(15)2/h5-6,10,14-16,22,36H,7-9,12-13,35H2,1-4H3/t14-,15+,16-,22-/m1/s1. The fraction of sp³-hybridized carbons (Fsp3) is 0.433. The molecule has 226 valence electrons. The molecule has 2 fully saturated rings. The van der Waals surface area contributed by atoms with Gasteiger partial charge in [0.1, 0.15) is 34.8 Å². The molecule has 9 nitrogen and oxygen atoms in total. The highest BCUT2D eigenvalue weighted by Crippen LogP contribution is 2.45. The van der Waals surface area contributed by atoms with Gasteiger partial charge >= 0.3 is 6.01 Å². The topological polar surface area (TPSA) is 113 Å². The highest BCUT2D eigenvalue weighted by Gasteiger charge is 2.33. The fourth-order valence-electron chi connectivity index (χ4n) is 6.35. The Bertz CT molecular complexity index is 1760. The minimum absolute atomic E-state index is 0.00100. The number of methoxy groups -OCH3 is 1. The van der Waals surface area contributed by atoms with Crippen LogP contribution in [0.25, 0.3) is 32.1 Å². The van der Waals surface area contributed by atoms with Crippen molar-refractivity contribution in [2.45, 2.75) is 44.0 Å². The van der Waals surface area contributed by atoms with Crippen LogP contribution in [0.1, 0.15) is 25.3 Å². The SMILES string of the molecule is CO[C@@H]1C[C@@H](COc2nc(N(C)[C@@H]3CCN[C@@H]3C)c3cc(Cl)c(-c4ccc(F)c5sc(N)c(C#N)c45)c(F)c3n2)N(C)C1. The number of fused-ring (bicyclic) bond motifs is 2. The molecule has 0 spiro atoms. The first-order valence-corrected chi connectivity index (χ1v) is 15.2. The zero-order chi connectivity index (χ0) is 30.6. The van der Waals surface area contributed by atoms with Crippen LogP contribution in [0.3, 0.4) is 0 Å². The third kappa shape index (κ3) is 5.13. The second kappa shape index (κ2) is 11.6. The number of nitrogens with zero attached hydrogens (tertiary/aromatic N) is 5. The summed E-state index contributed by atoms with van der Waals surface area (Å²) in [4.78, 5) is 13.5. The molecule has 4 heterocycles. The number of halogens is 3. The van der Waals surface area contributed by atoms with Crippen LogP contribution in [-0.2, 0) is 4.74 Å². The third-order valence-corrected chi connectivity index (χ3v) is 10.1. The number of hydrogen-bond acceptors (Lipinski definition) is 10. The lowest BCUT2D eigenvalue weighted by molar-refractivity contribution is 0.111. The maximum absolute atomic E-state index is 16.8. The molecule has 2 aromatic carbocycles. The molecule has 2 aliphatic rings. The molecule has 4 atom stereocenters. The van der Waals surface area contributed by atoms with E-state index in [4.69, 9.17) is 31.8 Å². The maximum atomic E-state index is 16.8. The average Bonchev–Trinajstić information content (AvgIpc) is 3.68. The number of likely N-dealkylation sites (tertiary alicyclic amines) is 1. The van der Waals surface area contributed by atoms with E-state index in [1.54, 1.807) is 13.2 Å². The van der Waals surface area contributed by atoms with Crippen LogP contribution >= 0.6 is 22.9 Å². The lowest BCUT2D eigenvalue weighted by Gasteiger charge is -2.30. The van der Waals surface area contributed by atoms with E-state index in [2.05, 4.69) is 22.1 Å². The number of nitrogens with one attached hydrogen (secondary N) is 1. The molecule has 0 aliphatic carbocycles. The number of nitriles is 1. The van der Waals surface area contributed by atoms with Gasteiger partial charge in [0.15, 0.2) is 5.82 Å². The van der Waals surface area contributed by atoms with Crippen molar-refractivity contribution in [2.24, 2.45) is 0 Å². The highest BCUT2D eigenvalue weighted by atomic mass is 35.5. The average molecular weight is 628 g/mol. The summed E-state index contributed by atoms with van der Waals surface area (Å²) < 4.78 is 43.4. The maximum Gasteiger partial charge on any atom is 0.319 e. The highest BCUT2D eigenvalue weighted by molar-refractivity contribution is 7.23. The van der Waals surface area contributed by atoms with Gasteiger partial charge in [-0.15, -0.1) is 11.3 Å². The molecule has 0 unspecified atom stereocenters. The van der Waals surface area contributed by atoms with E-state index in [0.717, 1.165) is 37.3 Å². The van der Waals surface area contributed by atoms with Gasteiger partial charge in [-0.25, -0.2) is 8.78 Å². The van der Waals surface area contributed by atoms with E-state index in [0.29, 0.717) is 17.8 Å². The molecule has 6 rings (SSSR count). The number of aromatic nitrogens is 2. The Morgan fingerprint density at radius 3 is 2.79 bits per heavy atom. The molecule has 13 heteroatoms. The Kier molecular flexibility index (Phi) is 8.04. The predicted molar refractivity (Wildman–Crippen MR) is 166 cm³/mol. The van der Waals surface area contributed by atoms with Crippen molar-refractivity contribution >= 4 is 54.7 Å². The Hall–Kier alpha value is -3.34. The Balaban J connectivity index is 1.52. The van der Waals surface area contributed by atoms with Crippen molar-refractivity contribution in [2.75, 3.05) is 51.5 Å². The zero-order valence-corrected chi connectivity index (χ0v) is 25.8. The molecule has 4 aromatic rings. The van der Waals surface area contributed by atoms with Crippen molar-refractivity contribution in [1.29, 1.82) is 5.26 Å². The van der Waals surface area contributed by atoms with Crippen LogP contribution in [0.4, 0.5) is 19.6 Å². The second-order valence-corrected chi connectivity index (χ2v) is 12.7. The van der Waals surface area contributed by atoms with Gasteiger partial charge in [0.25, 0.3) is 0 Å². The largest absolute Gasteiger partial charge is 0.462 e. The molecule has 0 amide bonds. The van der Waals surface area contributed by atoms with Crippen molar-refractivity contribution in [3.63, 3.8) is 0 Å². The van der Waals surface area contributed by atoms with Crippen LogP contribution in [0.15, 0.2) is 18.2 Å². The quantitative estimate of drug-likeness (QED) is 0.286. The molecule has 2 aromatic heterocycles. The van der Waals surface area contributed by atoms with E-state index in [9.17, 15) is 9.65 Å². The molecule has 0 saturated carbocycles. The summed E-state index contributed by atoms with van der Waals surface area (Å²) in [5.41, 5.74) is 6.40. The van der Waals surface area contributed by atoms with E-state index in [-0.39, 0.29) is 72.6 Å². The molecular formula is C30H32ClF2N7O2S. The van der Waals surface area contributed by atoms with Crippen LogP contribution in [0.2, 0.25) is 5.02 Å². The molecule has 2 aliphatic heterocycles. The molecule has 0 radical (unpaired) electrons. The number of anilines is 2. The Labute approximate surface area is 257 Å². The lowest BCUT2D eigenvalue weighted by atomic mass is 9.97. The molecule has 43 heavy (non-hydrogen) atoms. The van der Waals surface area contributed by atoms with Crippen molar-refractivity contribution in [3.05, 3.63) is 40.4 Å². The molecular weight excluding hydrogens is 596 g/mol. The van der Waals surface area contributed by atoms with Gasteiger partial charge in [0.05, 0.1) is 21.4 Å². The van der Waals surface area contributed by atoms with Gasteiger partial charge in [-0.1, -0.05) is 17.7 Å². The third-order valence-electron chi connectivity index (χ3n) is 8.74. The van der Waals surface area contributed by atoms with Gasteiger partial charge in [-0.3, -0.25) is 4.90 Å². The van der Waals surface area contributed by atoms with Crippen LogP contribution in [-0.4, -0.2) is 80.0 Å². The summed E-state index contributed by atoms with van der Waals surface area (Å²) in [6.45, 7) is 4.03. The second-order valence-electron chi connectivity index (χ2n) is 11.2. The van der Waals surface area contributed by atoms with Crippen molar-refractivity contribution < 1.29 is 18.3 Å². The summed E-state index contributed by atoms with van der Waals surface area (Å²) in [6, 6.07) is 6.70. The normalized spacial score (nSPS) is 22.5. The summed E-state index contributed by atoms with van der Waals surface area (Å²) in [7, 11) is 5.62. The number of benzene rings is 2. The first-order valence-electron chi connectivity index (χ1n) is 14.1.